The lowest BCUT2D eigenvalue weighted by atomic mass is 10.3. The van der Waals surface area contributed by atoms with Gasteiger partial charge < -0.3 is 10.1 Å². The average Bonchev–Trinajstić information content (AvgIpc) is 2.27. The summed E-state index contributed by atoms with van der Waals surface area (Å²) in [4.78, 5) is 11.0. The Hall–Kier alpha value is -1.27. The van der Waals surface area contributed by atoms with E-state index in [4.69, 9.17) is 15.4 Å². The number of halogens is 1. The van der Waals surface area contributed by atoms with E-state index in [1.165, 1.54) is 25.3 Å². The van der Waals surface area contributed by atoms with E-state index in [2.05, 4.69) is 5.32 Å². The Morgan fingerprint density at radius 2 is 2.12 bits per heavy atom. The molecule has 1 rings (SSSR count). The zero-order chi connectivity index (χ0) is 13.1. The summed E-state index contributed by atoms with van der Waals surface area (Å²) in [6, 6.07) is 4.23. The van der Waals surface area contributed by atoms with Crippen molar-refractivity contribution in [3.05, 3.63) is 18.2 Å². The molecule has 0 aliphatic carbocycles. The Bertz CT molecular complexity index is 527. The van der Waals surface area contributed by atoms with Gasteiger partial charge >= 0.3 is 0 Å². The van der Waals surface area contributed by atoms with Gasteiger partial charge in [-0.05, 0) is 18.2 Å². The van der Waals surface area contributed by atoms with Crippen molar-refractivity contribution >= 4 is 31.3 Å². The molecular formula is C10H12ClNO4S. The van der Waals surface area contributed by atoms with Gasteiger partial charge in [-0.25, -0.2) is 8.42 Å². The molecule has 0 fully saturated rings. The first-order valence-corrected chi connectivity index (χ1v) is 7.12. The maximum Gasteiger partial charge on any atom is 0.265 e. The first-order chi connectivity index (χ1) is 7.88. The van der Waals surface area contributed by atoms with E-state index in [0.29, 0.717) is 12.1 Å². The molecule has 0 unspecified atom stereocenters. The Labute approximate surface area is 104 Å². The minimum atomic E-state index is -3.91. The van der Waals surface area contributed by atoms with E-state index in [9.17, 15) is 13.2 Å². The van der Waals surface area contributed by atoms with E-state index >= 15 is 0 Å². The number of hydrogen-bond acceptors (Lipinski definition) is 4. The summed E-state index contributed by atoms with van der Waals surface area (Å²) in [6.07, 6.45) is 0.301. The molecule has 7 heteroatoms. The van der Waals surface area contributed by atoms with Gasteiger partial charge in [0.25, 0.3) is 9.05 Å². The van der Waals surface area contributed by atoms with Gasteiger partial charge in [0.2, 0.25) is 5.91 Å². The van der Waals surface area contributed by atoms with Crippen LogP contribution < -0.4 is 10.1 Å². The van der Waals surface area contributed by atoms with Gasteiger partial charge in [-0.15, -0.1) is 0 Å². The summed E-state index contributed by atoms with van der Waals surface area (Å²) >= 11 is 0. The van der Waals surface area contributed by atoms with Gasteiger partial charge in [-0.2, -0.15) is 0 Å². The second-order valence-corrected chi connectivity index (χ2v) is 5.74. The number of benzene rings is 1. The number of rotatable bonds is 4. The van der Waals surface area contributed by atoms with Crippen LogP contribution in [0.2, 0.25) is 0 Å². The van der Waals surface area contributed by atoms with Crippen molar-refractivity contribution in [2.75, 3.05) is 12.4 Å². The van der Waals surface area contributed by atoms with Gasteiger partial charge in [0.1, 0.15) is 10.6 Å². The van der Waals surface area contributed by atoms with Crippen LogP contribution in [-0.4, -0.2) is 21.4 Å². The molecule has 17 heavy (non-hydrogen) atoms. The minimum Gasteiger partial charge on any atom is -0.495 e. The molecule has 0 radical (unpaired) electrons. The highest BCUT2D eigenvalue weighted by Gasteiger charge is 2.17. The molecule has 0 saturated carbocycles. The molecule has 1 aromatic rings. The quantitative estimate of drug-likeness (QED) is 0.854. The maximum atomic E-state index is 11.3. The summed E-state index contributed by atoms with van der Waals surface area (Å²) in [5.74, 6) is -0.0809. The molecule has 0 heterocycles. The van der Waals surface area contributed by atoms with Gasteiger partial charge in [0, 0.05) is 22.8 Å². The fraction of sp³-hybridized carbons (Fsp3) is 0.300. The van der Waals surface area contributed by atoms with E-state index in [-0.39, 0.29) is 16.6 Å². The minimum absolute atomic E-state index is 0.134. The molecule has 1 amide bonds. The predicted octanol–water partition coefficient (Wildman–Crippen LogP) is 1.97. The largest absolute Gasteiger partial charge is 0.495 e. The van der Waals surface area contributed by atoms with Crippen molar-refractivity contribution in [1.82, 2.24) is 0 Å². The predicted molar refractivity (Wildman–Crippen MR) is 65.0 cm³/mol. The first kappa shape index (κ1) is 13.8. The smallest absolute Gasteiger partial charge is 0.265 e. The fourth-order valence-corrected chi connectivity index (χ4v) is 2.22. The standard InChI is InChI=1S/C10H12ClNO4S/c1-3-10(13)12-7-4-5-8(16-2)9(6-7)17(11,14)15/h4-6H,3H2,1-2H3,(H,12,13). The lowest BCUT2D eigenvalue weighted by molar-refractivity contribution is -0.115. The van der Waals surface area contributed by atoms with Crippen LogP contribution in [0.3, 0.4) is 0 Å². The molecule has 0 bridgehead atoms. The number of carbonyl (C=O) groups is 1. The van der Waals surface area contributed by atoms with E-state index in [1.807, 2.05) is 0 Å². The zero-order valence-electron chi connectivity index (χ0n) is 9.36. The number of ether oxygens (including phenoxy) is 1. The van der Waals surface area contributed by atoms with Crippen LogP contribution in [0.5, 0.6) is 5.75 Å². The van der Waals surface area contributed by atoms with Gasteiger partial charge in [0.15, 0.2) is 0 Å². The summed E-state index contributed by atoms with van der Waals surface area (Å²) in [5.41, 5.74) is 0.358. The third kappa shape index (κ3) is 3.61. The highest BCUT2D eigenvalue weighted by Crippen LogP contribution is 2.29. The molecular weight excluding hydrogens is 266 g/mol. The molecule has 1 N–H and O–H groups in total. The Balaban J connectivity index is 3.19. The highest BCUT2D eigenvalue weighted by atomic mass is 35.7. The van der Waals surface area contributed by atoms with E-state index < -0.39 is 9.05 Å². The van der Waals surface area contributed by atoms with Crippen LogP contribution in [-0.2, 0) is 13.8 Å². The molecule has 0 aliphatic rings. The van der Waals surface area contributed by atoms with Crippen LogP contribution in [0.4, 0.5) is 5.69 Å². The molecule has 0 saturated heterocycles. The number of carbonyl (C=O) groups excluding carboxylic acids is 1. The van der Waals surface area contributed by atoms with Crippen molar-refractivity contribution in [2.24, 2.45) is 0 Å². The van der Waals surface area contributed by atoms with Gasteiger partial charge in [-0.3, -0.25) is 4.79 Å². The second kappa shape index (κ2) is 5.37. The summed E-state index contributed by atoms with van der Waals surface area (Å²) < 4.78 is 27.5. The first-order valence-electron chi connectivity index (χ1n) is 4.81. The van der Waals surface area contributed by atoms with Crippen molar-refractivity contribution in [1.29, 1.82) is 0 Å². The average molecular weight is 278 g/mol. The van der Waals surface area contributed by atoms with Crippen LogP contribution >= 0.6 is 10.7 Å². The van der Waals surface area contributed by atoms with Gasteiger partial charge in [0.05, 0.1) is 7.11 Å². The molecule has 1 aromatic carbocycles. The SMILES string of the molecule is CCC(=O)Nc1ccc(OC)c(S(=O)(=O)Cl)c1. The van der Waals surface area contributed by atoms with Crippen LogP contribution in [0.1, 0.15) is 13.3 Å². The molecule has 0 aliphatic heterocycles. The number of anilines is 1. The maximum absolute atomic E-state index is 11.3. The third-order valence-electron chi connectivity index (χ3n) is 2.03. The Morgan fingerprint density at radius 3 is 2.59 bits per heavy atom. The third-order valence-corrected chi connectivity index (χ3v) is 3.37. The molecule has 94 valence electrons. The molecule has 0 aromatic heterocycles. The number of hydrogen-bond donors (Lipinski definition) is 1. The summed E-state index contributed by atoms with van der Waals surface area (Å²) in [5, 5.41) is 2.54. The Kier molecular flexibility index (Phi) is 4.36. The zero-order valence-corrected chi connectivity index (χ0v) is 10.9. The van der Waals surface area contributed by atoms with Crippen LogP contribution in [0, 0.1) is 0 Å². The van der Waals surface area contributed by atoms with Crippen LogP contribution in [0.25, 0.3) is 0 Å². The van der Waals surface area contributed by atoms with Crippen LogP contribution in [0.15, 0.2) is 23.1 Å². The second-order valence-electron chi connectivity index (χ2n) is 3.21. The van der Waals surface area contributed by atoms with Crippen molar-refractivity contribution < 1.29 is 17.9 Å². The molecule has 0 spiro atoms. The fourth-order valence-electron chi connectivity index (χ4n) is 1.19. The number of nitrogens with one attached hydrogen (secondary N) is 1. The molecule has 0 atom stereocenters. The Morgan fingerprint density at radius 1 is 1.47 bits per heavy atom. The number of methoxy groups -OCH3 is 1. The topological polar surface area (TPSA) is 72.5 Å². The lowest BCUT2D eigenvalue weighted by Gasteiger charge is -2.09. The van der Waals surface area contributed by atoms with Crippen molar-refractivity contribution in [2.45, 2.75) is 18.2 Å². The summed E-state index contributed by atoms with van der Waals surface area (Å²) in [6.45, 7) is 1.69. The summed E-state index contributed by atoms with van der Waals surface area (Å²) in [7, 11) is 2.69. The highest BCUT2D eigenvalue weighted by molar-refractivity contribution is 8.13. The monoisotopic (exact) mass is 277 g/mol. The normalized spacial score (nSPS) is 11.0. The van der Waals surface area contributed by atoms with Crippen molar-refractivity contribution in [3.63, 3.8) is 0 Å². The van der Waals surface area contributed by atoms with Crippen molar-refractivity contribution in [3.8, 4) is 5.75 Å². The lowest BCUT2D eigenvalue weighted by Crippen LogP contribution is -2.10. The molecule has 5 nitrogen and oxygen atoms in total. The number of amides is 1. The van der Waals surface area contributed by atoms with Gasteiger partial charge in [-0.1, -0.05) is 6.92 Å². The van der Waals surface area contributed by atoms with E-state index in [1.54, 1.807) is 6.92 Å². The van der Waals surface area contributed by atoms with E-state index in [0.717, 1.165) is 0 Å².